The molecule has 5 nitrogen and oxygen atoms in total. The van der Waals surface area contributed by atoms with Crippen molar-refractivity contribution in [2.24, 2.45) is 0 Å². The fraction of sp³-hybridized carbons (Fsp3) is 0.636. The summed E-state index contributed by atoms with van der Waals surface area (Å²) in [5.41, 5.74) is 0. The molecular formula is C11H17N3O2. The van der Waals surface area contributed by atoms with Crippen molar-refractivity contribution in [1.82, 2.24) is 10.2 Å². The Morgan fingerprint density at radius 2 is 2.12 bits per heavy atom. The molecule has 0 aliphatic carbocycles. The third kappa shape index (κ3) is 2.61. The predicted octanol–water partition coefficient (Wildman–Crippen LogP) is 0.836. The van der Waals surface area contributed by atoms with Crippen LogP contribution in [0.5, 0.6) is 5.88 Å². The van der Waals surface area contributed by atoms with Gasteiger partial charge in [0.25, 0.3) is 0 Å². The molecule has 1 N–H and O–H groups in total. The van der Waals surface area contributed by atoms with Crippen molar-refractivity contribution < 1.29 is 9.84 Å². The van der Waals surface area contributed by atoms with E-state index in [1.54, 1.807) is 0 Å². The summed E-state index contributed by atoms with van der Waals surface area (Å²) in [5, 5.41) is 17.5. The van der Waals surface area contributed by atoms with E-state index in [1.807, 2.05) is 19.1 Å². The maximum Gasteiger partial charge on any atom is 0.233 e. The van der Waals surface area contributed by atoms with E-state index in [1.165, 1.54) is 0 Å². The number of aliphatic hydroxyl groups excluding tert-OH is 1. The molecule has 1 aromatic heterocycles. The average Bonchev–Trinajstić information content (AvgIpc) is 2.32. The highest BCUT2D eigenvalue weighted by Crippen LogP contribution is 2.18. The number of anilines is 1. The first-order chi connectivity index (χ1) is 7.79. The second kappa shape index (κ2) is 5.12. The Bertz CT molecular complexity index is 321. The lowest BCUT2D eigenvalue weighted by Crippen LogP contribution is -2.36. The number of aromatic nitrogens is 2. The van der Waals surface area contributed by atoms with Crippen molar-refractivity contribution in [2.45, 2.75) is 25.9 Å². The maximum atomic E-state index is 9.41. The van der Waals surface area contributed by atoms with Gasteiger partial charge < -0.3 is 14.7 Å². The molecule has 0 radical (unpaired) electrons. The lowest BCUT2D eigenvalue weighted by molar-refractivity contribution is 0.145. The van der Waals surface area contributed by atoms with Crippen LogP contribution in [0.1, 0.15) is 19.8 Å². The van der Waals surface area contributed by atoms with Crippen LogP contribution in [-0.2, 0) is 0 Å². The molecule has 1 saturated heterocycles. The molecule has 0 unspecified atom stereocenters. The second-order valence-corrected chi connectivity index (χ2v) is 3.88. The highest BCUT2D eigenvalue weighted by Gasteiger charge is 2.18. The Balaban J connectivity index is 1.98. The SMILES string of the molecule is CCOc1ccc(N2CCC(O)CC2)nn1. The Morgan fingerprint density at radius 1 is 1.38 bits per heavy atom. The molecule has 16 heavy (non-hydrogen) atoms. The fourth-order valence-corrected chi connectivity index (χ4v) is 1.80. The van der Waals surface area contributed by atoms with Crippen molar-refractivity contribution in [3.63, 3.8) is 0 Å². The van der Waals surface area contributed by atoms with Crippen LogP contribution in [0, 0.1) is 0 Å². The molecule has 0 amide bonds. The summed E-state index contributed by atoms with van der Waals surface area (Å²) in [7, 11) is 0. The highest BCUT2D eigenvalue weighted by atomic mass is 16.5. The third-order valence-corrected chi connectivity index (χ3v) is 2.71. The predicted molar refractivity (Wildman–Crippen MR) is 60.7 cm³/mol. The normalized spacial score (nSPS) is 17.5. The molecule has 2 rings (SSSR count). The summed E-state index contributed by atoms with van der Waals surface area (Å²) in [5.74, 6) is 1.42. The topological polar surface area (TPSA) is 58.5 Å². The van der Waals surface area contributed by atoms with E-state index < -0.39 is 0 Å². The highest BCUT2D eigenvalue weighted by molar-refractivity contribution is 5.38. The molecule has 88 valence electrons. The molecule has 1 fully saturated rings. The van der Waals surface area contributed by atoms with Gasteiger partial charge in [0.2, 0.25) is 5.88 Å². The molecule has 0 aromatic carbocycles. The van der Waals surface area contributed by atoms with E-state index in [0.29, 0.717) is 12.5 Å². The number of nitrogens with zero attached hydrogens (tertiary/aromatic N) is 3. The van der Waals surface area contributed by atoms with Crippen LogP contribution < -0.4 is 9.64 Å². The lowest BCUT2D eigenvalue weighted by Gasteiger charge is -2.29. The van der Waals surface area contributed by atoms with Crippen LogP contribution >= 0.6 is 0 Å². The Morgan fingerprint density at radius 3 is 2.69 bits per heavy atom. The monoisotopic (exact) mass is 223 g/mol. The second-order valence-electron chi connectivity index (χ2n) is 3.88. The largest absolute Gasteiger partial charge is 0.477 e. The van der Waals surface area contributed by atoms with Gasteiger partial charge >= 0.3 is 0 Å². The van der Waals surface area contributed by atoms with Gasteiger partial charge in [-0.05, 0) is 25.8 Å². The minimum atomic E-state index is -0.160. The molecule has 5 heteroatoms. The van der Waals surface area contributed by atoms with Gasteiger partial charge in [0.15, 0.2) is 5.82 Å². The van der Waals surface area contributed by atoms with Crippen LogP contribution in [-0.4, -0.2) is 41.1 Å². The van der Waals surface area contributed by atoms with Crippen LogP contribution in [0.25, 0.3) is 0 Å². The Labute approximate surface area is 95.1 Å². The molecule has 0 atom stereocenters. The Hall–Kier alpha value is -1.36. The summed E-state index contributed by atoms with van der Waals surface area (Å²) < 4.78 is 5.23. The fourth-order valence-electron chi connectivity index (χ4n) is 1.80. The Kier molecular flexibility index (Phi) is 3.56. The molecule has 2 heterocycles. The summed E-state index contributed by atoms with van der Waals surface area (Å²) in [4.78, 5) is 2.13. The summed E-state index contributed by atoms with van der Waals surface area (Å²) >= 11 is 0. The van der Waals surface area contributed by atoms with Gasteiger partial charge in [-0.15, -0.1) is 10.2 Å². The van der Waals surface area contributed by atoms with E-state index in [9.17, 15) is 5.11 Å². The van der Waals surface area contributed by atoms with Gasteiger partial charge in [0.1, 0.15) is 0 Å². The van der Waals surface area contributed by atoms with Gasteiger partial charge in [0.05, 0.1) is 12.7 Å². The number of aliphatic hydroxyl groups is 1. The van der Waals surface area contributed by atoms with Crippen LogP contribution in [0.3, 0.4) is 0 Å². The molecule has 0 saturated carbocycles. The minimum Gasteiger partial charge on any atom is -0.477 e. The smallest absolute Gasteiger partial charge is 0.233 e. The number of hydrogen-bond acceptors (Lipinski definition) is 5. The van der Waals surface area contributed by atoms with Gasteiger partial charge in [-0.1, -0.05) is 0 Å². The van der Waals surface area contributed by atoms with Crippen molar-refractivity contribution in [3.8, 4) is 5.88 Å². The quantitative estimate of drug-likeness (QED) is 0.822. The van der Waals surface area contributed by atoms with Crippen LogP contribution in [0.4, 0.5) is 5.82 Å². The first-order valence-electron chi connectivity index (χ1n) is 5.69. The van der Waals surface area contributed by atoms with Crippen molar-refractivity contribution in [3.05, 3.63) is 12.1 Å². The number of hydrogen-bond donors (Lipinski definition) is 1. The maximum absolute atomic E-state index is 9.41. The van der Waals surface area contributed by atoms with Gasteiger partial charge in [0, 0.05) is 19.2 Å². The average molecular weight is 223 g/mol. The van der Waals surface area contributed by atoms with Crippen molar-refractivity contribution >= 4 is 5.82 Å². The van der Waals surface area contributed by atoms with E-state index in [2.05, 4.69) is 15.1 Å². The van der Waals surface area contributed by atoms with E-state index in [-0.39, 0.29) is 6.10 Å². The number of ether oxygens (including phenoxy) is 1. The molecule has 0 bridgehead atoms. The van der Waals surface area contributed by atoms with E-state index >= 15 is 0 Å². The molecule has 1 aliphatic heterocycles. The van der Waals surface area contributed by atoms with Crippen LogP contribution in [0.15, 0.2) is 12.1 Å². The minimum absolute atomic E-state index is 0.160. The zero-order chi connectivity index (χ0) is 11.4. The summed E-state index contributed by atoms with van der Waals surface area (Å²) in [6.07, 6.45) is 1.44. The molecule has 1 aromatic rings. The van der Waals surface area contributed by atoms with Gasteiger partial charge in [-0.2, -0.15) is 0 Å². The van der Waals surface area contributed by atoms with Crippen molar-refractivity contribution in [1.29, 1.82) is 0 Å². The van der Waals surface area contributed by atoms with Crippen molar-refractivity contribution in [2.75, 3.05) is 24.6 Å². The van der Waals surface area contributed by atoms with Gasteiger partial charge in [-0.25, -0.2) is 0 Å². The number of piperidine rings is 1. The molecule has 0 spiro atoms. The zero-order valence-corrected chi connectivity index (χ0v) is 9.46. The van der Waals surface area contributed by atoms with E-state index in [4.69, 9.17) is 4.74 Å². The summed E-state index contributed by atoms with van der Waals surface area (Å²) in [6.45, 7) is 4.19. The standard InChI is InChI=1S/C11H17N3O2/c1-2-16-11-4-3-10(12-13-11)14-7-5-9(15)6-8-14/h3-4,9,15H,2,5-8H2,1H3. The van der Waals surface area contributed by atoms with Gasteiger partial charge in [-0.3, -0.25) is 0 Å². The first kappa shape index (κ1) is 11.1. The zero-order valence-electron chi connectivity index (χ0n) is 9.46. The summed E-state index contributed by atoms with van der Waals surface area (Å²) in [6, 6.07) is 3.74. The number of rotatable bonds is 3. The molecule has 1 aliphatic rings. The van der Waals surface area contributed by atoms with Crippen LogP contribution in [0.2, 0.25) is 0 Å². The molecular weight excluding hydrogens is 206 g/mol. The van der Waals surface area contributed by atoms with E-state index in [0.717, 1.165) is 31.7 Å². The third-order valence-electron chi connectivity index (χ3n) is 2.71. The lowest BCUT2D eigenvalue weighted by atomic mass is 10.1. The first-order valence-corrected chi connectivity index (χ1v) is 5.69.